The predicted molar refractivity (Wildman–Crippen MR) is 118 cm³/mol. The molecule has 8 nitrogen and oxygen atoms in total. The molecule has 184 valence electrons. The van der Waals surface area contributed by atoms with Gasteiger partial charge in [-0.2, -0.15) is 13.2 Å². The minimum Gasteiger partial charge on any atom is -0.495 e. The fourth-order valence-corrected chi connectivity index (χ4v) is 3.46. The van der Waals surface area contributed by atoms with Crippen molar-refractivity contribution in [2.24, 2.45) is 0 Å². The number of amides is 3. The van der Waals surface area contributed by atoms with Gasteiger partial charge in [0.1, 0.15) is 5.75 Å². The highest BCUT2D eigenvalue weighted by Gasteiger charge is 2.33. The SMILES string of the molecule is COc1ccc(C(F)(F)F)cc1N(Cc1ccc(C(=O)N(C)OC)cc1)C(=O)N1CCOCC1. The number of carbonyl (C=O) groups is 2. The molecule has 34 heavy (non-hydrogen) atoms. The van der Waals surface area contributed by atoms with Crippen molar-refractivity contribution < 1.29 is 37.1 Å². The van der Waals surface area contributed by atoms with Crippen LogP contribution in [-0.4, -0.2) is 69.5 Å². The summed E-state index contributed by atoms with van der Waals surface area (Å²) in [6.07, 6.45) is -4.59. The van der Waals surface area contributed by atoms with Gasteiger partial charge in [-0.05, 0) is 35.9 Å². The molecule has 11 heteroatoms. The average molecular weight is 481 g/mol. The van der Waals surface area contributed by atoms with E-state index in [-0.39, 0.29) is 23.9 Å². The van der Waals surface area contributed by atoms with Crippen LogP contribution in [0.25, 0.3) is 0 Å². The van der Waals surface area contributed by atoms with E-state index < -0.39 is 17.8 Å². The van der Waals surface area contributed by atoms with E-state index in [0.29, 0.717) is 37.4 Å². The molecule has 0 atom stereocenters. The first-order chi connectivity index (χ1) is 16.2. The van der Waals surface area contributed by atoms with Crippen molar-refractivity contribution in [3.05, 3.63) is 59.2 Å². The van der Waals surface area contributed by atoms with E-state index in [1.807, 2.05) is 0 Å². The van der Waals surface area contributed by atoms with Gasteiger partial charge < -0.3 is 14.4 Å². The molecule has 0 bridgehead atoms. The molecule has 1 saturated heterocycles. The number of hydrogen-bond donors (Lipinski definition) is 0. The average Bonchev–Trinajstić information content (AvgIpc) is 2.86. The zero-order valence-corrected chi connectivity index (χ0v) is 19.1. The van der Waals surface area contributed by atoms with Crippen LogP contribution in [0.5, 0.6) is 5.75 Å². The molecule has 0 aliphatic carbocycles. The van der Waals surface area contributed by atoms with Gasteiger partial charge in [0.25, 0.3) is 5.91 Å². The second kappa shape index (κ2) is 10.7. The number of alkyl halides is 3. The summed E-state index contributed by atoms with van der Waals surface area (Å²) in [5, 5.41) is 1.07. The van der Waals surface area contributed by atoms with Crippen LogP contribution in [0.2, 0.25) is 0 Å². The van der Waals surface area contributed by atoms with Crippen LogP contribution in [-0.2, 0) is 22.3 Å². The first kappa shape index (κ1) is 25.3. The molecule has 1 aliphatic heterocycles. The molecule has 3 rings (SSSR count). The molecule has 0 unspecified atom stereocenters. The number of benzene rings is 2. The van der Waals surface area contributed by atoms with Crippen molar-refractivity contribution in [1.82, 2.24) is 9.96 Å². The van der Waals surface area contributed by atoms with E-state index in [4.69, 9.17) is 14.3 Å². The summed E-state index contributed by atoms with van der Waals surface area (Å²) in [7, 11) is 4.17. The Hall–Kier alpha value is -3.31. The lowest BCUT2D eigenvalue weighted by molar-refractivity contribution is -0.137. The van der Waals surface area contributed by atoms with Crippen LogP contribution in [0.15, 0.2) is 42.5 Å². The topological polar surface area (TPSA) is 71.6 Å². The smallest absolute Gasteiger partial charge is 0.416 e. The molecule has 0 N–H and O–H groups in total. The first-order valence-corrected chi connectivity index (χ1v) is 10.5. The molecule has 0 radical (unpaired) electrons. The number of nitrogens with zero attached hydrogens (tertiary/aromatic N) is 3. The molecular formula is C23H26F3N3O5. The molecule has 1 fully saturated rings. The second-order valence-electron chi connectivity index (χ2n) is 7.53. The Kier molecular flexibility index (Phi) is 8.00. The summed E-state index contributed by atoms with van der Waals surface area (Å²) in [5.74, 6) is -0.238. The van der Waals surface area contributed by atoms with E-state index in [1.54, 1.807) is 24.3 Å². The molecule has 0 saturated carbocycles. The van der Waals surface area contributed by atoms with Crippen molar-refractivity contribution in [1.29, 1.82) is 0 Å². The van der Waals surface area contributed by atoms with Gasteiger partial charge in [0, 0.05) is 25.7 Å². The highest BCUT2D eigenvalue weighted by atomic mass is 19.4. The number of ether oxygens (including phenoxy) is 2. The van der Waals surface area contributed by atoms with Crippen molar-refractivity contribution in [3.8, 4) is 5.75 Å². The number of halogens is 3. The Bertz CT molecular complexity index is 1010. The monoisotopic (exact) mass is 481 g/mol. The van der Waals surface area contributed by atoms with E-state index in [2.05, 4.69) is 0 Å². The number of hydroxylamine groups is 2. The van der Waals surface area contributed by atoms with Crippen LogP contribution < -0.4 is 9.64 Å². The summed E-state index contributed by atoms with van der Waals surface area (Å²) in [5.41, 5.74) is 0.0632. The minimum atomic E-state index is -4.59. The van der Waals surface area contributed by atoms with Crippen molar-refractivity contribution >= 4 is 17.6 Å². The van der Waals surface area contributed by atoms with E-state index in [0.717, 1.165) is 17.2 Å². The van der Waals surface area contributed by atoms with Gasteiger partial charge in [0.2, 0.25) is 0 Å². The second-order valence-corrected chi connectivity index (χ2v) is 7.53. The van der Waals surface area contributed by atoms with Gasteiger partial charge in [0.15, 0.2) is 0 Å². The van der Waals surface area contributed by atoms with Crippen LogP contribution >= 0.6 is 0 Å². The molecule has 3 amide bonds. The third-order valence-corrected chi connectivity index (χ3v) is 5.41. The summed E-state index contributed by atoms with van der Waals surface area (Å²) in [4.78, 5) is 33.3. The Balaban J connectivity index is 1.98. The zero-order valence-electron chi connectivity index (χ0n) is 19.1. The van der Waals surface area contributed by atoms with E-state index in [9.17, 15) is 22.8 Å². The van der Waals surface area contributed by atoms with Gasteiger partial charge in [0.05, 0.1) is 45.2 Å². The van der Waals surface area contributed by atoms with Gasteiger partial charge >= 0.3 is 12.2 Å². The number of morpholine rings is 1. The third-order valence-electron chi connectivity index (χ3n) is 5.41. The van der Waals surface area contributed by atoms with Crippen LogP contribution in [0.3, 0.4) is 0 Å². The quantitative estimate of drug-likeness (QED) is 0.587. The number of hydrogen-bond acceptors (Lipinski definition) is 5. The maximum Gasteiger partial charge on any atom is 0.416 e. The number of rotatable bonds is 6. The fourth-order valence-electron chi connectivity index (χ4n) is 3.46. The Morgan fingerprint density at radius 3 is 2.26 bits per heavy atom. The lowest BCUT2D eigenvalue weighted by Gasteiger charge is -2.34. The van der Waals surface area contributed by atoms with Crippen molar-refractivity contribution in [2.45, 2.75) is 12.7 Å². The molecule has 2 aromatic rings. The lowest BCUT2D eigenvalue weighted by Crippen LogP contribution is -2.48. The standard InChI is InChI=1S/C23H26F3N3O5/c1-27(33-3)21(30)17-6-4-16(5-7-17)15-29(22(31)28-10-12-34-13-11-28)19-14-18(23(24,25)26)8-9-20(19)32-2/h4-9,14H,10-13,15H2,1-3H3. The maximum absolute atomic E-state index is 13.4. The summed E-state index contributed by atoms with van der Waals surface area (Å²) >= 11 is 0. The molecule has 0 aromatic heterocycles. The number of urea groups is 1. The first-order valence-electron chi connectivity index (χ1n) is 10.5. The van der Waals surface area contributed by atoms with Gasteiger partial charge in [-0.25, -0.2) is 9.86 Å². The molecular weight excluding hydrogens is 455 g/mol. The van der Waals surface area contributed by atoms with Crippen LogP contribution in [0.1, 0.15) is 21.5 Å². The summed E-state index contributed by atoms with van der Waals surface area (Å²) in [6, 6.07) is 8.93. The lowest BCUT2D eigenvalue weighted by atomic mass is 10.1. The van der Waals surface area contributed by atoms with Crippen LogP contribution in [0.4, 0.5) is 23.7 Å². The number of anilines is 1. The summed E-state index contributed by atoms with van der Waals surface area (Å²) < 4.78 is 50.9. The zero-order chi connectivity index (χ0) is 24.9. The van der Waals surface area contributed by atoms with Crippen molar-refractivity contribution in [3.63, 3.8) is 0 Å². The van der Waals surface area contributed by atoms with Gasteiger partial charge in [-0.1, -0.05) is 12.1 Å². The Labute approximate surface area is 195 Å². The number of carbonyl (C=O) groups excluding carboxylic acids is 2. The predicted octanol–water partition coefficient (Wildman–Crippen LogP) is 3.81. The fraction of sp³-hybridized carbons (Fsp3) is 0.391. The highest BCUT2D eigenvalue weighted by Crippen LogP contribution is 2.37. The van der Waals surface area contributed by atoms with Gasteiger partial charge in [-0.3, -0.25) is 14.5 Å². The van der Waals surface area contributed by atoms with Crippen molar-refractivity contribution in [2.75, 3.05) is 52.5 Å². The largest absolute Gasteiger partial charge is 0.495 e. The Morgan fingerprint density at radius 1 is 1.06 bits per heavy atom. The normalized spacial score (nSPS) is 14.0. The summed E-state index contributed by atoms with van der Waals surface area (Å²) in [6.45, 7) is 1.26. The number of methoxy groups -OCH3 is 1. The minimum absolute atomic E-state index is 0.00640. The third kappa shape index (κ3) is 5.78. The molecule has 1 heterocycles. The van der Waals surface area contributed by atoms with Gasteiger partial charge in [-0.15, -0.1) is 0 Å². The maximum atomic E-state index is 13.4. The molecule has 0 spiro atoms. The van der Waals surface area contributed by atoms with E-state index >= 15 is 0 Å². The Morgan fingerprint density at radius 2 is 1.71 bits per heavy atom. The van der Waals surface area contributed by atoms with E-state index in [1.165, 1.54) is 37.1 Å². The molecule has 1 aliphatic rings. The highest BCUT2D eigenvalue weighted by molar-refractivity contribution is 5.94. The van der Waals surface area contributed by atoms with Crippen LogP contribution in [0, 0.1) is 0 Å². The molecule has 2 aromatic carbocycles.